The van der Waals surface area contributed by atoms with E-state index in [-0.39, 0.29) is 18.6 Å². The molecule has 0 fully saturated rings. The van der Waals surface area contributed by atoms with Gasteiger partial charge in [-0.1, -0.05) is 25.5 Å². The molecule has 1 aliphatic heterocycles. The predicted molar refractivity (Wildman–Crippen MR) is 72.2 cm³/mol. The number of hydrogen-bond donors (Lipinski definition) is 2. The van der Waals surface area contributed by atoms with Gasteiger partial charge in [0.1, 0.15) is 6.61 Å². The Morgan fingerprint density at radius 2 is 2.21 bits per heavy atom. The third kappa shape index (κ3) is 3.38. The first-order chi connectivity index (χ1) is 9.24. The number of rotatable bonds is 5. The van der Waals surface area contributed by atoms with Crippen LogP contribution in [0.5, 0.6) is 11.5 Å². The summed E-state index contributed by atoms with van der Waals surface area (Å²) in [5.41, 5.74) is 5.63. The summed E-state index contributed by atoms with van der Waals surface area (Å²) in [7, 11) is 0. The molecule has 1 aromatic carbocycles. The van der Waals surface area contributed by atoms with Crippen LogP contribution in [-0.4, -0.2) is 31.2 Å². The van der Waals surface area contributed by atoms with Gasteiger partial charge in [0, 0.05) is 12.6 Å². The Balaban J connectivity index is 1.95. The second kappa shape index (κ2) is 6.43. The van der Waals surface area contributed by atoms with Crippen molar-refractivity contribution in [2.75, 3.05) is 13.2 Å². The molecule has 1 amide bonds. The van der Waals surface area contributed by atoms with Crippen LogP contribution in [0.3, 0.4) is 0 Å². The van der Waals surface area contributed by atoms with E-state index in [0.29, 0.717) is 18.0 Å². The van der Waals surface area contributed by atoms with E-state index in [1.807, 2.05) is 18.2 Å². The van der Waals surface area contributed by atoms with Gasteiger partial charge in [0.15, 0.2) is 11.5 Å². The van der Waals surface area contributed by atoms with Crippen LogP contribution in [-0.2, 0) is 4.79 Å². The summed E-state index contributed by atoms with van der Waals surface area (Å²) in [4.78, 5) is 12.1. The zero-order valence-electron chi connectivity index (χ0n) is 11.1. The van der Waals surface area contributed by atoms with Crippen LogP contribution in [0.4, 0.5) is 0 Å². The Hall–Kier alpha value is -1.75. The van der Waals surface area contributed by atoms with Crippen LogP contribution in [0.1, 0.15) is 19.8 Å². The number of benzene rings is 1. The fraction of sp³-hybridized carbons (Fsp3) is 0.500. The molecule has 19 heavy (non-hydrogen) atoms. The molecule has 0 aliphatic carbocycles. The molecule has 2 unspecified atom stereocenters. The molecule has 104 valence electrons. The fourth-order valence-electron chi connectivity index (χ4n) is 2.04. The number of ether oxygens (including phenoxy) is 2. The monoisotopic (exact) mass is 264 g/mol. The van der Waals surface area contributed by atoms with Gasteiger partial charge in [-0.3, -0.25) is 4.79 Å². The number of fused-ring (bicyclic) bond motifs is 1. The van der Waals surface area contributed by atoms with E-state index in [1.54, 1.807) is 6.07 Å². The SMILES string of the molecule is CCCC(CN)NC(=O)C1COc2ccccc2O1. The minimum Gasteiger partial charge on any atom is -0.485 e. The van der Waals surface area contributed by atoms with E-state index in [1.165, 1.54) is 0 Å². The number of carbonyl (C=O) groups is 1. The molecule has 0 radical (unpaired) electrons. The number of carbonyl (C=O) groups excluding carboxylic acids is 1. The lowest BCUT2D eigenvalue weighted by atomic mass is 10.1. The van der Waals surface area contributed by atoms with Gasteiger partial charge in [0.2, 0.25) is 6.10 Å². The first-order valence-corrected chi connectivity index (χ1v) is 6.63. The van der Waals surface area contributed by atoms with Crippen molar-refractivity contribution in [1.29, 1.82) is 0 Å². The average Bonchev–Trinajstić information content (AvgIpc) is 2.46. The molecular weight excluding hydrogens is 244 g/mol. The highest BCUT2D eigenvalue weighted by atomic mass is 16.6. The van der Waals surface area contributed by atoms with E-state index >= 15 is 0 Å². The summed E-state index contributed by atoms with van der Waals surface area (Å²) in [6.07, 6.45) is 1.24. The van der Waals surface area contributed by atoms with Gasteiger partial charge in [0.05, 0.1) is 0 Å². The number of nitrogens with two attached hydrogens (primary N) is 1. The molecular formula is C14H20N2O3. The molecule has 0 aromatic heterocycles. The largest absolute Gasteiger partial charge is 0.485 e. The Morgan fingerprint density at radius 1 is 1.47 bits per heavy atom. The van der Waals surface area contributed by atoms with E-state index in [9.17, 15) is 4.79 Å². The highest BCUT2D eigenvalue weighted by Gasteiger charge is 2.28. The second-order valence-corrected chi connectivity index (χ2v) is 4.59. The number of amides is 1. The standard InChI is InChI=1S/C14H20N2O3/c1-2-5-10(8-15)16-14(17)13-9-18-11-6-3-4-7-12(11)19-13/h3-4,6-7,10,13H,2,5,8-9,15H2,1H3,(H,16,17). The van der Waals surface area contributed by atoms with Crippen molar-refractivity contribution in [1.82, 2.24) is 5.32 Å². The van der Waals surface area contributed by atoms with Crippen LogP contribution in [0, 0.1) is 0 Å². The van der Waals surface area contributed by atoms with Crippen LogP contribution < -0.4 is 20.5 Å². The maximum absolute atomic E-state index is 12.1. The molecule has 0 saturated heterocycles. The van der Waals surface area contributed by atoms with Gasteiger partial charge < -0.3 is 20.5 Å². The van der Waals surface area contributed by atoms with Crippen LogP contribution in [0.25, 0.3) is 0 Å². The van der Waals surface area contributed by atoms with E-state index in [0.717, 1.165) is 12.8 Å². The van der Waals surface area contributed by atoms with Crippen molar-refractivity contribution in [3.63, 3.8) is 0 Å². The minimum atomic E-state index is -0.610. The summed E-state index contributed by atoms with van der Waals surface area (Å²) in [5.74, 6) is 1.11. The predicted octanol–water partition coefficient (Wildman–Crippen LogP) is 1.07. The lowest BCUT2D eigenvalue weighted by molar-refractivity contribution is -0.131. The summed E-state index contributed by atoms with van der Waals surface area (Å²) in [5, 5.41) is 2.90. The maximum atomic E-state index is 12.1. The van der Waals surface area contributed by atoms with Gasteiger partial charge in [-0.15, -0.1) is 0 Å². The van der Waals surface area contributed by atoms with Crippen molar-refractivity contribution in [2.24, 2.45) is 5.73 Å². The van der Waals surface area contributed by atoms with Gasteiger partial charge in [-0.25, -0.2) is 0 Å². The lowest BCUT2D eigenvalue weighted by Gasteiger charge is -2.27. The summed E-state index contributed by atoms with van der Waals surface area (Å²) >= 11 is 0. The third-order valence-electron chi connectivity index (χ3n) is 3.07. The molecule has 3 N–H and O–H groups in total. The van der Waals surface area contributed by atoms with Gasteiger partial charge in [0.25, 0.3) is 5.91 Å². The molecule has 2 rings (SSSR count). The Morgan fingerprint density at radius 3 is 2.89 bits per heavy atom. The molecule has 5 heteroatoms. The van der Waals surface area contributed by atoms with Crippen LogP contribution in [0.2, 0.25) is 0 Å². The smallest absolute Gasteiger partial charge is 0.264 e. The van der Waals surface area contributed by atoms with Crippen LogP contribution >= 0.6 is 0 Å². The Kier molecular flexibility index (Phi) is 4.63. The van der Waals surface area contributed by atoms with E-state index < -0.39 is 6.10 Å². The van der Waals surface area contributed by atoms with Crippen molar-refractivity contribution in [3.05, 3.63) is 24.3 Å². The average molecular weight is 264 g/mol. The number of hydrogen-bond acceptors (Lipinski definition) is 4. The summed E-state index contributed by atoms with van der Waals surface area (Å²) in [6.45, 7) is 2.72. The summed E-state index contributed by atoms with van der Waals surface area (Å²) < 4.78 is 11.2. The molecule has 0 bridgehead atoms. The second-order valence-electron chi connectivity index (χ2n) is 4.59. The molecule has 1 heterocycles. The fourth-order valence-corrected chi connectivity index (χ4v) is 2.04. The van der Waals surface area contributed by atoms with E-state index in [2.05, 4.69) is 12.2 Å². The van der Waals surface area contributed by atoms with Crippen molar-refractivity contribution in [3.8, 4) is 11.5 Å². The Labute approximate surface area is 113 Å². The Bertz CT molecular complexity index is 436. The molecule has 5 nitrogen and oxygen atoms in total. The quantitative estimate of drug-likeness (QED) is 0.834. The zero-order chi connectivity index (χ0) is 13.7. The van der Waals surface area contributed by atoms with Gasteiger partial charge >= 0.3 is 0 Å². The number of para-hydroxylation sites is 2. The van der Waals surface area contributed by atoms with Crippen molar-refractivity contribution >= 4 is 5.91 Å². The minimum absolute atomic E-state index is 0.00160. The van der Waals surface area contributed by atoms with Crippen molar-refractivity contribution < 1.29 is 14.3 Å². The zero-order valence-corrected chi connectivity index (χ0v) is 11.1. The van der Waals surface area contributed by atoms with Gasteiger partial charge in [-0.05, 0) is 18.6 Å². The highest BCUT2D eigenvalue weighted by Crippen LogP contribution is 2.30. The number of nitrogens with one attached hydrogen (secondary N) is 1. The first kappa shape index (κ1) is 13.7. The normalized spacial score (nSPS) is 18.7. The molecule has 2 atom stereocenters. The molecule has 0 saturated carbocycles. The van der Waals surface area contributed by atoms with Gasteiger partial charge in [-0.2, -0.15) is 0 Å². The van der Waals surface area contributed by atoms with Crippen LogP contribution in [0.15, 0.2) is 24.3 Å². The third-order valence-corrected chi connectivity index (χ3v) is 3.07. The highest BCUT2D eigenvalue weighted by molar-refractivity contribution is 5.82. The maximum Gasteiger partial charge on any atom is 0.264 e. The van der Waals surface area contributed by atoms with Crippen molar-refractivity contribution in [2.45, 2.75) is 31.9 Å². The topological polar surface area (TPSA) is 73.6 Å². The molecule has 0 spiro atoms. The lowest BCUT2D eigenvalue weighted by Crippen LogP contribution is -2.49. The van der Waals surface area contributed by atoms with E-state index in [4.69, 9.17) is 15.2 Å². The summed E-state index contributed by atoms with van der Waals surface area (Å²) in [6, 6.07) is 7.33. The molecule has 1 aromatic rings. The molecule has 1 aliphatic rings. The first-order valence-electron chi connectivity index (χ1n) is 6.63.